The highest BCUT2D eigenvalue weighted by Crippen LogP contribution is 2.55. The molecule has 2 aliphatic rings. The molecular weight excluding hydrogens is 779 g/mol. The van der Waals surface area contributed by atoms with Gasteiger partial charge >= 0.3 is 8.60 Å². The molecule has 7 heteroatoms. The Bertz CT molecular complexity index is 2330. The van der Waals surface area contributed by atoms with E-state index in [-0.39, 0.29) is 22.2 Å². The molecule has 2 aliphatic heterocycles. The van der Waals surface area contributed by atoms with E-state index in [4.69, 9.17) is 22.6 Å². The molecule has 0 aliphatic carbocycles. The third-order valence-corrected chi connectivity index (χ3v) is 15.4. The molecule has 0 bridgehead atoms. The second-order valence-electron chi connectivity index (χ2n) is 18.0. The minimum atomic E-state index is -1.65. The average Bonchev–Trinajstić information content (AvgIpc) is 3.29. The molecule has 0 N–H and O–H groups in total. The lowest BCUT2D eigenvalue weighted by molar-refractivity contribution is -0.0590. The van der Waals surface area contributed by atoms with Crippen LogP contribution in [0.5, 0.6) is 5.75 Å². The fourth-order valence-electron chi connectivity index (χ4n) is 8.62. The first-order valence-corrected chi connectivity index (χ1v) is 23.5. The van der Waals surface area contributed by atoms with Crippen LogP contribution in [0.3, 0.4) is 0 Å². The first-order valence-electron chi connectivity index (χ1n) is 21.2. The Hall–Kier alpha value is -4.18. The van der Waals surface area contributed by atoms with Gasteiger partial charge in [0.15, 0.2) is 0 Å². The molecule has 0 saturated carbocycles. The van der Waals surface area contributed by atoms with E-state index in [1.807, 2.05) is 0 Å². The molecule has 0 amide bonds. The van der Waals surface area contributed by atoms with Crippen LogP contribution in [0.4, 0.5) is 0 Å². The van der Waals surface area contributed by atoms with Crippen molar-refractivity contribution in [1.82, 2.24) is 0 Å². The van der Waals surface area contributed by atoms with Crippen LogP contribution in [0, 0.1) is 5.41 Å². The van der Waals surface area contributed by atoms with Gasteiger partial charge in [-0.15, -0.1) is 0 Å². The SMILES string of the molecule is CCC(c1ccccc1)c1cc(C(C)(C)c2ccccc2)ccc1P1OCC2(COP(Oc3ccc(C(C)(C)c4ccccc4)cc3C(C)(C)c3ccccc3)OC2)CO1. The molecule has 6 aromatic rings. The van der Waals surface area contributed by atoms with Crippen molar-refractivity contribution in [2.75, 3.05) is 26.4 Å². The zero-order valence-corrected chi connectivity index (χ0v) is 37.8. The monoisotopic (exact) mass is 836 g/mol. The third-order valence-electron chi connectivity index (χ3n) is 12.9. The standard InChI is InChI=1S/C53H58O5P2/c1-8-45(39-21-13-9-14-22-39)46-33-43(50(2,3)40-23-15-10-16-24-40)30-32-49(46)59-54-35-53(36-55-59)37-56-60(57-38-53)58-48-31-29-44(51(4,5)41-25-17-11-18-26-41)34-47(48)52(6,7)42-27-19-12-20-28-42/h9-34,45H,8,35-38H2,1-7H3. The fourth-order valence-corrected chi connectivity index (χ4v) is 11.6. The molecule has 60 heavy (non-hydrogen) atoms. The van der Waals surface area contributed by atoms with Crippen molar-refractivity contribution in [3.63, 3.8) is 0 Å². The summed E-state index contributed by atoms with van der Waals surface area (Å²) >= 11 is 0. The van der Waals surface area contributed by atoms with Crippen LogP contribution in [0.1, 0.15) is 105 Å². The summed E-state index contributed by atoms with van der Waals surface area (Å²) in [5.74, 6) is 0.976. The van der Waals surface area contributed by atoms with E-state index >= 15 is 0 Å². The van der Waals surface area contributed by atoms with Crippen molar-refractivity contribution in [2.45, 2.75) is 77.0 Å². The van der Waals surface area contributed by atoms with Crippen molar-refractivity contribution in [2.24, 2.45) is 5.41 Å². The fraction of sp³-hybridized carbons (Fsp3) is 0.321. The number of hydrogen-bond acceptors (Lipinski definition) is 5. The van der Waals surface area contributed by atoms with E-state index in [1.165, 1.54) is 38.9 Å². The minimum absolute atomic E-state index is 0.175. The van der Waals surface area contributed by atoms with Gasteiger partial charge < -0.3 is 22.6 Å². The lowest BCUT2D eigenvalue weighted by Crippen LogP contribution is -2.45. The van der Waals surface area contributed by atoms with Gasteiger partial charge in [-0.3, -0.25) is 0 Å². The highest BCUT2D eigenvalue weighted by atomic mass is 31.2. The smallest absolute Gasteiger partial charge is 0.397 e. The Labute approximate surface area is 360 Å². The second kappa shape index (κ2) is 17.7. The largest absolute Gasteiger partial charge is 0.426 e. The lowest BCUT2D eigenvalue weighted by atomic mass is 9.73. The molecule has 5 nitrogen and oxygen atoms in total. The quantitative estimate of drug-likeness (QED) is 0.115. The average molecular weight is 837 g/mol. The second-order valence-corrected chi connectivity index (χ2v) is 20.7. The van der Waals surface area contributed by atoms with Crippen LogP contribution in [0.15, 0.2) is 158 Å². The Kier molecular flexibility index (Phi) is 12.5. The number of rotatable bonds is 12. The third kappa shape index (κ3) is 8.64. The van der Waals surface area contributed by atoms with E-state index in [1.54, 1.807) is 0 Å². The van der Waals surface area contributed by atoms with E-state index < -0.39 is 22.4 Å². The molecule has 1 atom stereocenters. The molecule has 1 spiro atoms. The zero-order valence-electron chi connectivity index (χ0n) is 36.1. The van der Waals surface area contributed by atoms with E-state index in [0.29, 0.717) is 26.4 Å². The highest BCUT2D eigenvalue weighted by molar-refractivity contribution is 7.56. The summed E-state index contributed by atoms with van der Waals surface area (Å²) in [6.07, 6.45) is 0.961. The summed E-state index contributed by atoms with van der Waals surface area (Å²) in [6.45, 7) is 17.8. The van der Waals surface area contributed by atoms with Gasteiger partial charge in [0.25, 0.3) is 0 Å². The predicted molar refractivity (Wildman–Crippen MR) is 248 cm³/mol. The molecule has 310 valence electrons. The summed E-state index contributed by atoms with van der Waals surface area (Å²) in [7, 11) is -2.98. The maximum Gasteiger partial charge on any atom is 0.397 e. The first kappa shape index (κ1) is 42.5. The van der Waals surface area contributed by atoms with Gasteiger partial charge in [0.2, 0.25) is 8.38 Å². The zero-order chi connectivity index (χ0) is 42.0. The predicted octanol–water partition coefficient (Wildman–Crippen LogP) is 13.5. The Morgan fingerprint density at radius 2 is 0.967 bits per heavy atom. The molecule has 2 heterocycles. The lowest BCUT2D eigenvalue weighted by Gasteiger charge is -2.42. The molecule has 6 aromatic carbocycles. The Morgan fingerprint density at radius 1 is 0.517 bits per heavy atom. The summed E-state index contributed by atoms with van der Waals surface area (Å²) in [5, 5.41) is 1.14. The van der Waals surface area contributed by atoms with Crippen molar-refractivity contribution >= 4 is 22.3 Å². The topological polar surface area (TPSA) is 46.2 Å². The van der Waals surface area contributed by atoms with E-state index in [0.717, 1.165) is 23.0 Å². The molecule has 8 rings (SSSR count). The minimum Gasteiger partial charge on any atom is -0.426 e. The summed E-state index contributed by atoms with van der Waals surface area (Å²) < 4.78 is 33.1. The van der Waals surface area contributed by atoms with Crippen LogP contribution >= 0.6 is 17.0 Å². The first-order chi connectivity index (χ1) is 28.9. The van der Waals surface area contributed by atoms with Gasteiger partial charge in [-0.05, 0) is 57.5 Å². The van der Waals surface area contributed by atoms with Gasteiger partial charge in [0.1, 0.15) is 5.75 Å². The van der Waals surface area contributed by atoms with Gasteiger partial charge in [-0.25, -0.2) is 0 Å². The number of benzene rings is 6. The Balaban J connectivity index is 1.00. The maximum absolute atomic E-state index is 6.74. The molecule has 0 radical (unpaired) electrons. The molecule has 0 aromatic heterocycles. The summed E-state index contributed by atoms with van der Waals surface area (Å²) in [5.41, 5.74) is 8.76. The van der Waals surface area contributed by atoms with Crippen molar-refractivity contribution in [3.05, 3.63) is 202 Å². The van der Waals surface area contributed by atoms with Gasteiger partial charge in [-0.1, -0.05) is 194 Å². The molecule has 2 saturated heterocycles. The van der Waals surface area contributed by atoms with Crippen molar-refractivity contribution < 1.29 is 22.6 Å². The normalized spacial score (nSPS) is 20.4. The molecule has 2 fully saturated rings. The van der Waals surface area contributed by atoms with Crippen LogP contribution < -0.4 is 9.83 Å². The Morgan fingerprint density at radius 3 is 1.48 bits per heavy atom. The van der Waals surface area contributed by atoms with Crippen LogP contribution in [-0.4, -0.2) is 26.4 Å². The van der Waals surface area contributed by atoms with Crippen LogP contribution in [-0.2, 0) is 34.3 Å². The number of hydrogen-bond donors (Lipinski definition) is 0. The van der Waals surface area contributed by atoms with Crippen molar-refractivity contribution in [1.29, 1.82) is 0 Å². The summed E-state index contributed by atoms with van der Waals surface area (Å²) in [6, 6.07) is 56.4. The van der Waals surface area contributed by atoms with Gasteiger partial charge in [0, 0.05) is 33.0 Å². The van der Waals surface area contributed by atoms with Crippen LogP contribution in [0.25, 0.3) is 0 Å². The molecular formula is C53H58O5P2. The highest BCUT2D eigenvalue weighted by Gasteiger charge is 2.45. The van der Waals surface area contributed by atoms with Crippen molar-refractivity contribution in [3.8, 4) is 5.75 Å². The summed E-state index contributed by atoms with van der Waals surface area (Å²) in [4.78, 5) is 0. The van der Waals surface area contributed by atoms with Crippen LogP contribution in [0.2, 0.25) is 0 Å². The van der Waals surface area contributed by atoms with E-state index in [9.17, 15) is 0 Å². The maximum atomic E-state index is 6.74. The van der Waals surface area contributed by atoms with Gasteiger partial charge in [0.05, 0.1) is 31.8 Å². The van der Waals surface area contributed by atoms with E-state index in [2.05, 4.69) is 206 Å². The molecule has 1 unspecified atom stereocenters. The van der Waals surface area contributed by atoms with Gasteiger partial charge in [-0.2, -0.15) is 0 Å².